The Morgan fingerprint density at radius 3 is 2.74 bits per heavy atom. The van der Waals surface area contributed by atoms with Crippen molar-refractivity contribution < 1.29 is 23.0 Å². The van der Waals surface area contributed by atoms with E-state index in [1.54, 1.807) is 12.0 Å². The third-order valence-electron chi connectivity index (χ3n) is 5.19. The van der Waals surface area contributed by atoms with E-state index in [9.17, 15) is 13.6 Å². The number of fused-ring (bicyclic) bond motifs is 1. The minimum atomic E-state index is -1.05. The van der Waals surface area contributed by atoms with Gasteiger partial charge >= 0.3 is 0 Å². The van der Waals surface area contributed by atoms with Crippen LogP contribution in [0.4, 0.5) is 13.9 Å². The Balaban J connectivity index is 1.59. The summed E-state index contributed by atoms with van der Waals surface area (Å²) in [4.78, 5) is 21.7. The van der Waals surface area contributed by atoms with Gasteiger partial charge in [0.15, 0.2) is 16.8 Å². The Bertz CT molecular complexity index is 1070. The van der Waals surface area contributed by atoms with Crippen LogP contribution in [0.1, 0.15) is 16.8 Å². The summed E-state index contributed by atoms with van der Waals surface area (Å²) < 4.78 is 38.7. The lowest BCUT2D eigenvalue weighted by Crippen LogP contribution is -2.39. The average molecular weight is 448 g/mol. The van der Waals surface area contributed by atoms with Gasteiger partial charge in [-0.2, -0.15) is 0 Å². The van der Waals surface area contributed by atoms with E-state index in [4.69, 9.17) is 9.47 Å². The summed E-state index contributed by atoms with van der Waals surface area (Å²) in [6, 6.07) is 8.74. The lowest BCUT2D eigenvalue weighted by atomic mass is 10.2. The molecule has 0 radical (unpaired) electrons. The predicted molar refractivity (Wildman–Crippen MR) is 116 cm³/mol. The highest BCUT2D eigenvalue weighted by atomic mass is 32.1. The fourth-order valence-corrected chi connectivity index (χ4v) is 4.45. The second-order valence-corrected chi connectivity index (χ2v) is 8.23. The molecule has 0 saturated carbocycles. The number of rotatable bonds is 7. The van der Waals surface area contributed by atoms with Crippen molar-refractivity contribution >= 4 is 32.6 Å². The minimum Gasteiger partial charge on any atom is -0.497 e. The lowest BCUT2D eigenvalue weighted by molar-refractivity contribution is 0.0376. The van der Waals surface area contributed by atoms with Crippen molar-refractivity contribution in [2.75, 3.05) is 51.4 Å². The maximum absolute atomic E-state index is 13.8. The predicted octanol–water partition coefficient (Wildman–Crippen LogP) is 3.95. The molecule has 164 valence electrons. The summed E-state index contributed by atoms with van der Waals surface area (Å²) in [6.07, 6.45) is 0.717. The van der Waals surface area contributed by atoms with Crippen LogP contribution in [0.5, 0.6) is 5.75 Å². The molecule has 1 aromatic heterocycles. The zero-order valence-corrected chi connectivity index (χ0v) is 18.0. The molecule has 9 heteroatoms. The van der Waals surface area contributed by atoms with Crippen LogP contribution in [0, 0.1) is 11.6 Å². The van der Waals surface area contributed by atoms with Gasteiger partial charge in [0.05, 0.1) is 30.5 Å². The molecule has 1 amide bonds. The Morgan fingerprint density at radius 1 is 1.19 bits per heavy atom. The van der Waals surface area contributed by atoms with Gasteiger partial charge in [0, 0.05) is 37.8 Å². The van der Waals surface area contributed by atoms with Crippen molar-refractivity contribution in [3.63, 3.8) is 0 Å². The fourth-order valence-electron chi connectivity index (χ4n) is 3.48. The summed E-state index contributed by atoms with van der Waals surface area (Å²) in [5, 5.41) is 0.514. The van der Waals surface area contributed by atoms with Crippen LogP contribution in [-0.4, -0.2) is 62.3 Å². The Morgan fingerprint density at radius 2 is 2.00 bits per heavy atom. The van der Waals surface area contributed by atoms with Gasteiger partial charge < -0.3 is 9.47 Å². The second kappa shape index (κ2) is 9.67. The molecule has 0 spiro atoms. The molecule has 2 heterocycles. The van der Waals surface area contributed by atoms with E-state index in [1.165, 1.54) is 17.4 Å². The molecular formula is C22H23F2N3O3S. The first-order chi connectivity index (χ1) is 15.0. The molecule has 0 atom stereocenters. The number of ether oxygens (including phenoxy) is 2. The maximum Gasteiger partial charge on any atom is 0.260 e. The SMILES string of the molecule is COc1ccc2sc(N(CCCN3CCOCC3)C(=O)c3ccc(F)c(F)c3)nc2c1. The van der Waals surface area contributed by atoms with Gasteiger partial charge in [-0.3, -0.25) is 14.6 Å². The van der Waals surface area contributed by atoms with E-state index >= 15 is 0 Å². The zero-order chi connectivity index (χ0) is 21.8. The number of thiazole rings is 1. The van der Waals surface area contributed by atoms with Crippen LogP contribution < -0.4 is 9.64 Å². The third-order valence-corrected chi connectivity index (χ3v) is 6.25. The van der Waals surface area contributed by atoms with Crippen molar-refractivity contribution in [3.05, 3.63) is 53.6 Å². The number of hydrogen-bond acceptors (Lipinski definition) is 6. The first-order valence-corrected chi connectivity index (χ1v) is 10.9. The standard InChI is InChI=1S/C22H23F2N3O3S/c1-29-16-4-6-20-19(14-16)25-22(31-20)27(8-2-7-26-9-11-30-12-10-26)21(28)15-3-5-17(23)18(24)13-15/h3-6,13-14H,2,7-12H2,1H3. The topological polar surface area (TPSA) is 54.9 Å². The number of nitrogens with zero attached hydrogens (tertiary/aromatic N) is 3. The van der Waals surface area contributed by atoms with Crippen molar-refractivity contribution in [2.24, 2.45) is 0 Å². The lowest BCUT2D eigenvalue weighted by Gasteiger charge is -2.27. The van der Waals surface area contributed by atoms with Crippen LogP contribution in [0.3, 0.4) is 0 Å². The summed E-state index contributed by atoms with van der Waals surface area (Å²) in [7, 11) is 1.58. The van der Waals surface area contributed by atoms with E-state index in [2.05, 4.69) is 9.88 Å². The molecule has 1 aliphatic heterocycles. The van der Waals surface area contributed by atoms with Gasteiger partial charge in [-0.05, 0) is 36.8 Å². The maximum atomic E-state index is 13.8. The summed E-state index contributed by atoms with van der Waals surface area (Å²) >= 11 is 1.38. The number of carbonyl (C=O) groups is 1. The minimum absolute atomic E-state index is 0.0853. The Kier molecular flexibility index (Phi) is 6.74. The largest absolute Gasteiger partial charge is 0.497 e. The monoisotopic (exact) mass is 447 g/mol. The molecule has 0 unspecified atom stereocenters. The molecule has 6 nitrogen and oxygen atoms in total. The number of aromatic nitrogens is 1. The number of morpholine rings is 1. The van der Waals surface area contributed by atoms with Crippen LogP contribution in [-0.2, 0) is 4.74 Å². The molecule has 1 saturated heterocycles. The van der Waals surface area contributed by atoms with Gasteiger partial charge in [-0.1, -0.05) is 11.3 Å². The van der Waals surface area contributed by atoms with Gasteiger partial charge in [0.25, 0.3) is 5.91 Å². The van der Waals surface area contributed by atoms with Crippen molar-refractivity contribution in [1.29, 1.82) is 0 Å². The number of amides is 1. The van der Waals surface area contributed by atoms with Crippen LogP contribution >= 0.6 is 11.3 Å². The molecule has 3 aromatic rings. The normalized spacial score (nSPS) is 14.7. The third kappa shape index (κ3) is 5.00. The van der Waals surface area contributed by atoms with Crippen LogP contribution in [0.2, 0.25) is 0 Å². The van der Waals surface area contributed by atoms with Gasteiger partial charge in [-0.15, -0.1) is 0 Å². The van der Waals surface area contributed by atoms with E-state index in [0.717, 1.165) is 42.0 Å². The van der Waals surface area contributed by atoms with Crippen molar-refractivity contribution in [1.82, 2.24) is 9.88 Å². The molecule has 1 aliphatic rings. The summed E-state index contributed by atoms with van der Waals surface area (Å²) in [6.45, 7) is 4.35. The van der Waals surface area contributed by atoms with Gasteiger partial charge in [-0.25, -0.2) is 13.8 Å². The molecule has 0 bridgehead atoms. The number of hydrogen-bond donors (Lipinski definition) is 0. The van der Waals surface area contributed by atoms with Crippen LogP contribution in [0.25, 0.3) is 10.2 Å². The highest BCUT2D eigenvalue weighted by Gasteiger charge is 2.23. The highest BCUT2D eigenvalue weighted by Crippen LogP contribution is 2.32. The van der Waals surface area contributed by atoms with E-state index in [1.807, 2.05) is 18.2 Å². The first kappa shape index (κ1) is 21.6. The first-order valence-electron chi connectivity index (χ1n) is 10.1. The quantitative estimate of drug-likeness (QED) is 0.549. The van der Waals surface area contributed by atoms with E-state index < -0.39 is 17.5 Å². The van der Waals surface area contributed by atoms with Gasteiger partial charge in [0.2, 0.25) is 0 Å². The van der Waals surface area contributed by atoms with E-state index in [0.29, 0.717) is 37.1 Å². The smallest absolute Gasteiger partial charge is 0.260 e. The number of anilines is 1. The number of benzene rings is 2. The second-order valence-electron chi connectivity index (χ2n) is 7.22. The van der Waals surface area contributed by atoms with Crippen LogP contribution in [0.15, 0.2) is 36.4 Å². The van der Waals surface area contributed by atoms with E-state index in [-0.39, 0.29) is 5.56 Å². The summed E-state index contributed by atoms with van der Waals surface area (Å²) in [5.74, 6) is -1.77. The molecule has 1 fully saturated rings. The van der Waals surface area contributed by atoms with Crippen molar-refractivity contribution in [3.8, 4) is 5.75 Å². The molecule has 0 aliphatic carbocycles. The highest BCUT2D eigenvalue weighted by molar-refractivity contribution is 7.22. The average Bonchev–Trinajstić information content (AvgIpc) is 3.21. The summed E-state index contributed by atoms with van der Waals surface area (Å²) in [5.41, 5.74) is 0.803. The molecular weight excluding hydrogens is 424 g/mol. The number of halogens is 2. The molecule has 2 aromatic carbocycles. The molecule has 4 rings (SSSR count). The zero-order valence-electron chi connectivity index (χ0n) is 17.1. The van der Waals surface area contributed by atoms with Crippen molar-refractivity contribution in [2.45, 2.75) is 6.42 Å². The fraction of sp³-hybridized carbons (Fsp3) is 0.364. The Hall–Kier alpha value is -2.62. The van der Waals surface area contributed by atoms with Gasteiger partial charge in [0.1, 0.15) is 5.75 Å². The molecule has 31 heavy (non-hydrogen) atoms. The number of methoxy groups -OCH3 is 1. The molecule has 0 N–H and O–H groups in total. The Labute approximate surface area is 183 Å². The number of carbonyl (C=O) groups excluding carboxylic acids is 1.